The number of nitrogens with zero attached hydrogens (tertiary/aromatic N) is 4. The first kappa shape index (κ1) is 22.7. The maximum atomic E-state index is 14.0. The maximum absolute atomic E-state index is 14.0. The molecule has 1 aliphatic heterocycles. The van der Waals surface area contributed by atoms with Crippen molar-refractivity contribution in [3.63, 3.8) is 0 Å². The van der Waals surface area contributed by atoms with Crippen LogP contribution in [0.25, 0.3) is 10.9 Å². The SMILES string of the molecule is CCOc1ccc2nc(N3CCCN(C(=S)Nc4ccc(F)cc4F)CC3)c(C#N)cc2c1. The summed E-state index contributed by atoms with van der Waals surface area (Å²) >= 11 is 5.47. The van der Waals surface area contributed by atoms with Crippen molar-refractivity contribution < 1.29 is 13.5 Å². The number of thiocarbonyl (C=S) groups is 1. The standard InChI is InChI=1S/C24H23F2N5OS/c1-2-32-19-5-7-21-16(13-19)12-17(15-27)23(28-21)30-8-3-9-31(11-10-30)24(33)29-22-6-4-18(25)14-20(22)26/h4-7,12-14H,2-3,8-11H2,1H3,(H,29,33). The number of aromatic nitrogens is 1. The van der Waals surface area contributed by atoms with E-state index in [2.05, 4.69) is 16.3 Å². The van der Waals surface area contributed by atoms with Gasteiger partial charge >= 0.3 is 0 Å². The number of halogens is 2. The largest absolute Gasteiger partial charge is 0.494 e. The molecular formula is C24H23F2N5OS. The quantitative estimate of drug-likeness (QED) is 0.559. The molecule has 0 atom stereocenters. The van der Waals surface area contributed by atoms with E-state index < -0.39 is 11.6 Å². The second-order valence-corrected chi connectivity index (χ2v) is 8.03. The molecule has 0 bridgehead atoms. The minimum atomic E-state index is -0.694. The summed E-state index contributed by atoms with van der Waals surface area (Å²) in [6.07, 6.45) is 0.779. The lowest BCUT2D eigenvalue weighted by Gasteiger charge is -2.25. The summed E-state index contributed by atoms with van der Waals surface area (Å²) in [6.45, 7) is 5.02. The van der Waals surface area contributed by atoms with Crippen molar-refractivity contribution in [2.24, 2.45) is 0 Å². The number of hydrogen-bond donors (Lipinski definition) is 1. The fourth-order valence-electron chi connectivity index (χ4n) is 3.84. The third-order valence-corrected chi connectivity index (χ3v) is 5.81. The molecule has 1 aromatic heterocycles. The molecule has 1 saturated heterocycles. The Morgan fingerprint density at radius 1 is 1.15 bits per heavy atom. The molecule has 0 radical (unpaired) electrons. The molecule has 0 aliphatic carbocycles. The first-order valence-corrected chi connectivity index (χ1v) is 11.1. The molecular weight excluding hydrogens is 444 g/mol. The minimum absolute atomic E-state index is 0.136. The summed E-state index contributed by atoms with van der Waals surface area (Å²) in [5.41, 5.74) is 1.42. The molecule has 2 aromatic carbocycles. The predicted octanol–water partition coefficient (Wildman–Crippen LogP) is 4.69. The molecule has 4 rings (SSSR count). The number of pyridine rings is 1. The Kier molecular flexibility index (Phi) is 6.84. The zero-order valence-corrected chi connectivity index (χ0v) is 19.0. The van der Waals surface area contributed by atoms with E-state index in [1.807, 2.05) is 36.1 Å². The van der Waals surface area contributed by atoms with Gasteiger partial charge in [0.25, 0.3) is 0 Å². The Morgan fingerprint density at radius 2 is 2.00 bits per heavy atom. The van der Waals surface area contributed by atoms with Gasteiger partial charge in [-0.05, 0) is 62.0 Å². The number of fused-ring (bicyclic) bond motifs is 1. The van der Waals surface area contributed by atoms with Crippen molar-refractivity contribution in [3.8, 4) is 11.8 Å². The zero-order valence-electron chi connectivity index (χ0n) is 18.1. The Morgan fingerprint density at radius 3 is 2.76 bits per heavy atom. The van der Waals surface area contributed by atoms with E-state index in [1.165, 1.54) is 12.1 Å². The molecule has 1 N–H and O–H groups in total. The first-order chi connectivity index (χ1) is 16.0. The van der Waals surface area contributed by atoms with Gasteiger partial charge in [-0.25, -0.2) is 13.8 Å². The van der Waals surface area contributed by atoms with E-state index in [0.29, 0.717) is 49.3 Å². The number of ether oxygens (including phenoxy) is 1. The van der Waals surface area contributed by atoms with Gasteiger partial charge in [0, 0.05) is 37.6 Å². The number of benzene rings is 2. The lowest BCUT2D eigenvalue weighted by molar-refractivity contribution is 0.340. The Bertz CT molecular complexity index is 1230. The molecule has 1 aliphatic rings. The average molecular weight is 468 g/mol. The highest BCUT2D eigenvalue weighted by Gasteiger charge is 2.21. The van der Waals surface area contributed by atoms with Crippen molar-refractivity contribution in [3.05, 3.63) is 59.7 Å². The van der Waals surface area contributed by atoms with Crippen LogP contribution in [0.4, 0.5) is 20.3 Å². The number of nitriles is 1. The van der Waals surface area contributed by atoms with Crippen LogP contribution in [0.2, 0.25) is 0 Å². The van der Waals surface area contributed by atoms with Crippen LogP contribution in [-0.2, 0) is 0 Å². The first-order valence-electron chi connectivity index (χ1n) is 10.7. The summed E-state index contributed by atoms with van der Waals surface area (Å²) < 4.78 is 32.7. The van der Waals surface area contributed by atoms with Crippen LogP contribution in [0.15, 0.2) is 42.5 Å². The van der Waals surface area contributed by atoms with Gasteiger partial charge in [-0.1, -0.05) is 0 Å². The predicted molar refractivity (Wildman–Crippen MR) is 129 cm³/mol. The molecule has 9 heteroatoms. The minimum Gasteiger partial charge on any atom is -0.494 e. The highest BCUT2D eigenvalue weighted by molar-refractivity contribution is 7.80. The Hall–Kier alpha value is -3.51. The van der Waals surface area contributed by atoms with Gasteiger partial charge in [0.2, 0.25) is 0 Å². The summed E-state index contributed by atoms with van der Waals surface area (Å²) in [7, 11) is 0. The number of hydrogen-bond acceptors (Lipinski definition) is 5. The van der Waals surface area contributed by atoms with Crippen molar-refractivity contribution >= 4 is 39.7 Å². The lowest BCUT2D eigenvalue weighted by atomic mass is 10.1. The molecule has 1 fully saturated rings. The summed E-state index contributed by atoms with van der Waals surface area (Å²) in [5, 5.41) is 13.8. The van der Waals surface area contributed by atoms with Crippen LogP contribution >= 0.6 is 12.2 Å². The smallest absolute Gasteiger partial charge is 0.173 e. The van der Waals surface area contributed by atoms with Crippen molar-refractivity contribution in [1.82, 2.24) is 9.88 Å². The van der Waals surface area contributed by atoms with Crippen LogP contribution < -0.4 is 15.0 Å². The molecule has 0 unspecified atom stereocenters. The van der Waals surface area contributed by atoms with Gasteiger partial charge in [0.05, 0.1) is 23.4 Å². The van der Waals surface area contributed by atoms with Gasteiger partial charge in [-0.15, -0.1) is 0 Å². The second-order valence-electron chi connectivity index (χ2n) is 7.64. The fourth-order valence-corrected chi connectivity index (χ4v) is 4.13. The molecule has 0 amide bonds. The van der Waals surface area contributed by atoms with Gasteiger partial charge in [-0.2, -0.15) is 5.26 Å². The van der Waals surface area contributed by atoms with E-state index in [9.17, 15) is 14.0 Å². The summed E-state index contributed by atoms with van der Waals surface area (Å²) in [5.74, 6) is 0.0481. The third-order valence-electron chi connectivity index (χ3n) is 5.45. The summed E-state index contributed by atoms with van der Waals surface area (Å²) in [4.78, 5) is 8.79. The number of rotatable bonds is 4. The molecule has 6 nitrogen and oxygen atoms in total. The van der Waals surface area contributed by atoms with Crippen LogP contribution in [0.3, 0.4) is 0 Å². The molecule has 0 saturated carbocycles. The van der Waals surface area contributed by atoms with Crippen molar-refractivity contribution in [1.29, 1.82) is 5.26 Å². The summed E-state index contributed by atoms with van der Waals surface area (Å²) in [6, 6.07) is 13.1. The van der Waals surface area contributed by atoms with Crippen LogP contribution in [0.5, 0.6) is 5.75 Å². The molecule has 170 valence electrons. The van der Waals surface area contributed by atoms with Crippen LogP contribution in [0.1, 0.15) is 18.9 Å². The van der Waals surface area contributed by atoms with Crippen molar-refractivity contribution in [2.75, 3.05) is 43.0 Å². The van der Waals surface area contributed by atoms with E-state index in [4.69, 9.17) is 21.9 Å². The maximum Gasteiger partial charge on any atom is 0.173 e. The number of anilines is 2. The Balaban J connectivity index is 1.50. The molecule has 2 heterocycles. The highest BCUT2D eigenvalue weighted by Crippen LogP contribution is 2.27. The molecule has 33 heavy (non-hydrogen) atoms. The van der Waals surface area contributed by atoms with E-state index in [0.717, 1.165) is 29.1 Å². The van der Waals surface area contributed by atoms with Gasteiger partial charge in [-0.3, -0.25) is 0 Å². The average Bonchev–Trinajstić information content (AvgIpc) is 3.06. The molecule has 0 spiro atoms. The second kappa shape index (κ2) is 9.96. The Labute approximate surface area is 196 Å². The normalized spacial score (nSPS) is 14.0. The van der Waals surface area contributed by atoms with Gasteiger partial charge < -0.3 is 19.9 Å². The van der Waals surface area contributed by atoms with Crippen molar-refractivity contribution in [2.45, 2.75) is 13.3 Å². The van der Waals surface area contributed by atoms with Gasteiger partial charge in [0.1, 0.15) is 29.3 Å². The monoisotopic (exact) mass is 467 g/mol. The van der Waals surface area contributed by atoms with E-state index >= 15 is 0 Å². The van der Waals surface area contributed by atoms with Crippen LogP contribution in [0, 0.1) is 23.0 Å². The topological polar surface area (TPSA) is 64.4 Å². The number of nitrogens with one attached hydrogen (secondary N) is 1. The highest BCUT2D eigenvalue weighted by atomic mass is 32.1. The third kappa shape index (κ3) is 5.12. The lowest BCUT2D eigenvalue weighted by Crippen LogP contribution is -2.38. The van der Waals surface area contributed by atoms with Crippen LogP contribution in [-0.4, -0.2) is 47.8 Å². The zero-order chi connectivity index (χ0) is 23.4. The fraction of sp³-hybridized carbons (Fsp3) is 0.292. The molecule has 3 aromatic rings. The van der Waals surface area contributed by atoms with E-state index in [1.54, 1.807) is 0 Å². The van der Waals surface area contributed by atoms with E-state index in [-0.39, 0.29) is 5.69 Å². The van der Waals surface area contributed by atoms with Gasteiger partial charge in [0.15, 0.2) is 5.11 Å².